The summed E-state index contributed by atoms with van der Waals surface area (Å²) in [6, 6.07) is 13.3. The first-order valence-corrected chi connectivity index (χ1v) is 13.9. The van der Waals surface area contributed by atoms with Crippen molar-refractivity contribution in [3.63, 3.8) is 0 Å². The van der Waals surface area contributed by atoms with Crippen LogP contribution in [-0.2, 0) is 28.5 Å². The first-order valence-electron chi connectivity index (χ1n) is 13.9. The first-order chi connectivity index (χ1) is 22.4. The van der Waals surface area contributed by atoms with Gasteiger partial charge in [0.2, 0.25) is 0 Å². The summed E-state index contributed by atoms with van der Waals surface area (Å²) in [4.78, 5) is 34.6. The number of amides is 2. The summed E-state index contributed by atoms with van der Waals surface area (Å²) in [5.41, 5.74) is -7.09. The Morgan fingerprint density at radius 2 is 1.58 bits per heavy atom. The molecule has 0 spiro atoms. The molecule has 0 radical (unpaired) electrons. The summed E-state index contributed by atoms with van der Waals surface area (Å²) in [5, 5.41) is 15.7. The lowest BCUT2D eigenvalue weighted by Crippen LogP contribution is -2.62. The van der Waals surface area contributed by atoms with Crippen LogP contribution in [0.5, 0.6) is 0 Å². The van der Waals surface area contributed by atoms with Gasteiger partial charge in [-0.3, -0.25) is 14.6 Å². The number of nitrogens with zero attached hydrogens (tertiary/aromatic N) is 4. The van der Waals surface area contributed by atoms with E-state index in [4.69, 9.17) is 0 Å². The molecule has 1 aromatic heterocycles. The average Bonchev–Trinajstić information content (AvgIpc) is 3.02. The molecule has 8 nitrogen and oxygen atoms in total. The minimum absolute atomic E-state index is 0.296. The number of aliphatic hydroxyl groups is 1. The molecular formula is C32H23F8N5O3. The molecule has 0 saturated carbocycles. The van der Waals surface area contributed by atoms with Gasteiger partial charge in [0.25, 0.3) is 11.8 Å². The highest BCUT2D eigenvalue weighted by molar-refractivity contribution is 6.24. The van der Waals surface area contributed by atoms with E-state index in [0.717, 1.165) is 17.1 Å². The van der Waals surface area contributed by atoms with Gasteiger partial charge in [0.15, 0.2) is 11.6 Å². The Hall–Kier alpha value is -5.54. The third-order valence-electron chi connectivity index (χ3n) is 7.44. The van der Waals surface area contributed by atoms with Gasteiger partial charge in [0.1, 0.15) is 28.9 Å². The lowest BCUT2D eigenvalue weighted by molar-refractivity contribution is -0.141. The molecule has 0 fully saturated rings. The fourth-order valence-electron chi connectivity index (χ4n) is 5.13. The summed E-state index contributed by atoms with van der Waals surface area (Å²) in [7, 11) is 0. The number of hydrogen-bond acceptors (Lipinski definition) is 6. The van der Waals surface area contributed by atoms with Crippen molar-refractivity contribution in [3.05, 3.63) is 119 Å². The van der Waals surface area contributed by atoms with Crippen molar-refractivity contribution in [2.24, 2.45) is 0 Å². The van der Waals surface area contributed by atoms with E-state index in [1.54, 1.807) is 30.3 Å². The Bertz CT molecular complexity index is 1930. The van der Waals surface area contributed by atoms with Crippen LogP contribution in [0.1, 0.15) is 30.7 Å². The summed E-state index contributed by atoms with van der Waals surface area (Å²) >= 11 is 0. The fraction of sp³-hybridized carbons (Fsp3) is 0.188. The van der Waals surface area contributed by atoms with E-state index in [0.29, 0.717) is 30.2 Å². The van der Waals surface area contributed by atoms with Crippen LogP contribution in [0.3, 0.4) is 0 Å². The third kappa shape index (κ3) is 6.37. The number of carbonyl (C=O) groups excluding carboxylic acids is 2. The molecule has 1 aliphatic rings. The molecule has 16 heteroatoms. The largest absolute Gasteiger partial charge is 0.509 e. The monoisotopic (exact) mass is 677 g/mol. The number of nitrogens with one attached hydrogen (secondary N) is 1. The number of rotatable bonds is 6. The predicted octanol–water partition coefficient (Wildman–Crippen LogP) is 7.45. The van der Waals surface area contributed by atoms with Crippen LogP contribution in [0.2, 0.25) is 0 Å². The smallest absolute Gasteiger partial charge is 0.433 e. The molecule has 2 heterocycles. The van der Waals surface area contributed by atoms with Gasteiger partial charge in [-0.25, -0.2) is 23.8 Å². The van der Waals surface area contributed by atoms with E-state index in [1.165, 1.54) is 31.0 Å². The van der Waals surface area contributed by atoms with Crippen LogP contribution in [0.25, 0.3) is 11.3 Å². The zero-order valence-electron chi connectivity index (χ0n) is 24.8. The van der Waals surface area contributed by atoms with E-state index < -0.39 is 87.4 Å². The molecule has 5 rings (SSSR count). The van der Waals surface area contributed by atoms with E-state index in [9.17, 15) is 49.8 Å². The van der Waals surface area contributed by atoms with E-state index in [1.807, 2.05) is 0 Å². The van der Waals surface area contributed by atoms with Crippen molar-refractivity contribution in [1.82, 2.24) is 15.0 Å². The van der Waals surface area contributed by atoms with Crippen LogP contribution < -0.4 is 10.3 Å². The minimum Gasteiger partial charge on any atom is -0.509 e. The first kappa shape index (κ1) is 33.8. The maximum Gasteiger partial charge on any atom is 0.433 e. The predicted molar refractivity (Wildman–Crippen MR) is 156 cm³/mol. The van der Waals surface area contributed by atoms with Crippen LogP contribution in [0, 0.1) is 11.6 Å². The molecule has 48 heavy (non-hydrogen) atoms. The Labute approximate surface area is 266 Å². The van der Waals surface area contributed by atoms with Gasteiger partial charge < -0.3 is 10.4 Å². The molecule has 0 atom stereocenters. The van der Waals surface area contributed by atoms with Crippen LogP contribution in [0.4, 0.5) is 46.5 Å². The van der Waals surface area contributed by atoms with Crippen molar-refractivity contribution in [1.29, 1.82) is 0 Å². The third-order valence-corrected chi connectivity index (χ3v) is 7.44. The maximum atomic E-state index is 14.8. The molecule has 0 saturated heterocycles. The van der Waals surface area contributed by atoms with Gasteiger partial charge in [0.05, 0.1) is 29.2 Å². The number of halogens is 8. The highest BCUT2D eigenvalue weighted by Gasteiger charge is 2.48. The normalized spacial score (nSPS) is 15.2. The van der Waals surface area contributed by atoms with E-state index >= 15 is 0 Å². The second-order valence-electron chi connectivity index (χ2n) is 11.0. The van der Waals surface area contributed by atoms with E-state index in [2.05, 4.69) is 15.3 Å². The van der Waals surface area contributed by atoms with Crippen LogP contribution >= 0.6 is 0 Å². The number of alkyl halides is 6. The molecule has 3 aromatic carbocycles. The van der Waals surface area contributed by atoms with Gasteiger partial charge in [0, 0.05) is 11.1 Å². The number of carbonyl (C=O) groups is 2. The Balaban J connectivity index is 1.62. The molecule has 2 N–H and O–H groups in total. The van der Waals surface area contributed by atoms with Gasteiger partial charge in [-0.15, -0.1) is 0 Å². The highest BCUT2D eigenvalue weighted by Crippen LogP contribution is 2.40. The van der Waals surface area contributed by atoms with E-state index in [-0.39, 0.29) is 5.56 Å². The zero-order chi connectivity index (χ0) is 35.2. The number of benzene rings is 3. The number of aliphatic hydroxyl groups excluding tert-OH is 1. The molecule has 2 amide bonds. The number of hydrogen-bond donors (Lipinski definition) is 2. The topological polar surface area (TPSA) is 98.7 Å². The summed E-state index contributed by atoms with van der Waals surface area (Å²) in [6.07, 6.45) is -9.46. The van der Waals surface area contributed by atoms with Crippen LogP contribution in [0.15, 0.2) is 90.5 Å². The molecule has 1 aliphatic heterocycles. The van der Waals surface area contributed by atoms with Gasteiger partial charge in [-0.2, -0.15) is 26.3 Å². The zero-order valence-corrected chi connectivity index (χ0v) is 24.8. The molecule has 4 aromatic rings. The van der Waals surface area contributed by atoms with Crippen molar-refractivity contribution < 1.29 is 49.8 Å². The quantitative estimate of drug-likeness (QED) is 0.163. The molecular weight excluding hydrogens is 654 g/mol. The Morgan fingerprint density at radius 1 is 0.896 bits per heavy atom. The van der Waals surface area contributed by atoms with Crippen molar-refractivity contribution in [2.75, 3.05) is 10.3 Å². The molecule has 0 unspecified atom stereocenters. The Morgan fingerprint density at radius 3 is 2.23 bits per heavy atom. The van der Waals surface area contributed by atoms with Crippen molar-refractivity contribution in [3.8, 4) is 11.3 Å². The molecule has 0 bridgehead atoms. The molecule has 250 valence electrons. The second kappa shape index (κ2) is 12.2. The summed E-state index contributed by atoms with van der Waals surface area (Å²) < 4.78 is 110. The Kier molecular flexibility index (Phi) is 8.62. The van der Waals surface area contributed by atoms with Gasteiger partial charge in [-0.1, -0.05) is 30.3 Å². The van der Waals surface area contributed by atoms with Gasteiger partial charge >= 0.3 is 12.4 Å². The fourth-order valence-corrected chi connectivity index (χ4v) is 5.13. The standard InChI is InChI=1S/C32H23F8N5O3/c1-30(2)27(46)25(29(48)44(45(30)19-8-4-3-5-9-19)15-17-7-6-10-21(33)26(17)34)28(47)43-22-12-11-18(31(35,36)37)13-20(22)23-14-24(32(38,39)40)42-16-41-23/h3-14,16,46H,15H2,1-2H3,(H,43,47). The number of hydrazine groups is 1. The number of para-hydroxylation sites is 1. The maximum absolute atomic E-state index is 14.8. The second-order valence-corrected chi connectivity index (χ2v) is 11.0. The SMILES string of the molecule is CC1(C)C(O)=C(C(=O)Nc2ccc(C(F)(F)F)cc2-c2cc(C(F)(F)F)ncn2)C(=O)N(Cc2cccc(F)c2F)N1c1ccccc1. The van der Waals surface area contributed by atoms with Crippen LogP contribution in [-0.4, -0.2) is 37.4 Å². The van der Waals surface area contributed by atoms with Gasteiger partial charge in [-0.05, 0) is 56.3 Å². The lowest BCUT2D eigenvalue weighted by atomic mass is 9.92. The molecule has 0 aliphatic carbocycles. The number of aromatic nitrogens is 2. The number of anilines is 2. The summed E-state index contributed by atoms with van der Waals surface area (Å²) in [5.74, 6) is -5.88. The van der Waals surface area contributed by atoms with Crippen molar-refractivity contribution in [2.45, 2.75) is 38.3 Å². The lowest BCUT2D eigenvalue weighted by Gasteiger charge is -2.49. The summed E-state index contributed by atoms with van der Waals surface area (Å²) in [6.45, 7) is 2.18. The average molecular weight is 678 g/mol. The minimum atomic E-state index is -4.99. The van der Waals surface area contributed by atoms with Crippen molar-refractivity contribution >= 4 is 23.2 Å². The highest BCUT2D eigenvalue weighted by atomic mass is 19.4.